The van der Waals surface area contributed by atoms with Crippen molar-refractivity contribution in [3.63, 3.8) is 0 Å². The van der Waals surface area contributed by atoms with E-state index >= 15 is 0 Å². The van der Waals surface area contributed by atoms with Crippen molar-refractivity contribution >= 4 is 30.2 Å². The zero-order valence-corrected chi connectivity index (χ0v) is 28.0. The Labute approximate surface area is 275 Å². The molecule has 12 heteroatoms. The average Bonchev–Trinajstić information content (AvgIpc) is 3.44. The van der Waals surface area contributed by atoms with E-state index in [1.165, 1.54) is 11.0 Å². The van der Waals surface area contributed by atoms with Crippen molar-refractivity contribution in [3.8, 4) is 0 Å². The number of methoxy groups -OCH3 is 1. The first-order valence-electron chi connectivity index (χ1n) is 15.3. The molecule has 3 amide bonds. The summed E-state index contributed by atoms with van der Waals surface area (Å²) in [5.41, 5.74) is -0.904. The molecular weight excluding hydrogens is 608 g/mol. The fourth-order valence-corrected chi connectivity index (χ4v) is 4.77. The van der Waals surface area contributed by atoms with Crippen molar-refractivity contribution in [1.82, 2.24) is 9.80 Å². The van der Waals surface area contributed by atoms with Gasteiger partial charge in [-0.25, -0.2) is 24.0 Å². The van der Waals surface area contributed by atoms with Crippen LogP contribution in [0.4, 0.5) is 14.4 Å². The number of esters is 2. The van der Waals surface area contributed by atoms with E-state index in [2.05, 4.69) is 0 Å². The number of likely N-dealkylation sites (tertiary alicyclic amines) is 1. The van der Waals surface area contributed by atoms with Crippen molar-refractivity contribution < 1.29 is 47.7 Å². The number of amides is 3. The van der Waals surface area contributed by atoms with E-state index in [4.69, 9.17) is 23.7 Å². The van der Waals surface area contributed by atoms with Crippen LogP contribution in [-0.2, 0) is 46.5 Å². The zero-order valence-electron chi connectivity index (χ0n) is 28.0. The lowest BCUT2D eigenvalue weighted by molar-refractivity contribution is -0.160. The second kappa shape index (κ2) is 16.1. The lowest BCUT2D eigenvalue weighted by atomic mass is 10.1. The maximum atomic E-state index is 13.5. The average molecular weight is 653 g/mol. The fourth-order valence-electron chi connectivity index (χ4n) is 4.77. The number of hydrogen-bond donors (Lipinski definition) is 0. The Balaban J connectivity index is 1.94. The third kappa shape index (κ3) is 11.2. The largest absolute Gasteiger partial charge is 0.464 e. The summed E-state index contributed by atoms with van der Waals surface area (Å²) < 4.78 is 27.0. The molecule has 1 aliphatic rings. The Hall–Kier alpha value is -4.87. The van der Waals surface area contributed by atoms with E-state index in [1.807, 2.05) is 18.2 Å². The maximum Gasteiger partial charge on any atom is 0.424 e. The van der Waals surface area contributed by atoms with E-state index in [9.17, 15) is 24.0 Å². The molecule has 1 saturated heterocycles. The molecule has 2 atom stereocenters. The highest BCUT2D eigenvalue weighted by Crippen LogP contribution is 2.31. The summed E-state index contributed by atoms with van der Waals surface area (Å²) in [4.78, 5) is 68.3. The lowest BCUT2D eigenvalue weighted by Gasteiger charge is -2.30. The van der Waals surface area contributed by atoms with Gasteiger partial charge in [-0.2, -0.15) is 4.90 Å². The molecule has 0 spiro atoms. The summed E-state index contributed by atoms with van der Waals surface area (Å²) in [6, 6.07) is 16.2. The summed E-state index contributed by atoms with van der Waals surface area (Å²) in [6.45, 7) is 9.77. The molecule has 12 nitrogen and oxygen atoms in total. The van der Waals surface area contributed by atoms with Crippen LogP contribution in [-0.4, -0.2) is 70.4 Å². The number of ether oxygens (including phenoxy) is 5. The van der Waals surface area contributed by atoms with Crippen LogP contribution in [0.25, 0.3) is 0 Å². The molecule has 0 N–H and O–H groups in total. The number of carbonyl (C=O) groups excluding carboxylic acids is 5. The number of rotatable bonds is 9. The third-order valence-corrected chi connectivity index (χ3v) is 6.78. The smallest absolute Gasteiger partial charge is 0.424 e. The van der Waals surface area contributed by atoms with E-state index in [1.54, 1.807) is 84.0 Å². The summed E-state index contributed by atoms with van der Waals surface area (Å²) in [5.74, 6) is -1.62. The first-order chi connectivity index (χ1) is 22.1. The fraction of sp³-hybridized carbons (Fsp3) is 0.457. The standard InChI is InChI=1S/C35H44N2O10/c1-34(2,3)46-30(39)28-21-19-26(36(28)31(40)44-22-24-14-10-8-11-15-24)18-20-27(29(38)43-7)37(33(42)47-35(4,5)6)32(41)45-23-25-16-12-9-13-17-25/h8-17,20,26,28H,18-19,21-23H2,1-7H3/b27-20-/t26-,28-/m0/s1. The van der Waals surface area contributed by atoms with Gasteiger partial charge in [-0.05, 0) is 71.9 Å². The van der Waals surface area contributed by atoms with E-state index in [-0.39, 0.29) is 26.1 Å². The second-order valence-corrected chi connectivity index (χ2v) is 12.9. The Morgan fingerprint density at radius 3 is 1.81 bits per heavy atom. The Bertz CT molecular complexity index is 1430. The van der Waals surface area contributed by atoms with Gasteiger partial charge in [-0.1, -0.05) is 66.7 Å². The first-order valence-corrected chi connectivity index (χ1v) is 15.3. The highest BCUT2D eigenvalue weighted by Gasteiger charge is 2.44. The number of hydrogen-bond acceptors (Lipinski definition) is 10. The molecule has 0 aliphatic carbocycles. The molecule has 0 aromatic heterocycles. The molecular formula is C35H44N2O10. The van der Waals surface area contributed by atoms with Crippen molar-refractivity contribution in [2.24, 2.45) is 0 Å². The van der Waals surface area contributed by atoms with E-state index in [0.29, 0.717) is 16.9 Å². The highest BCUT2D eigenvalue weighted by molar-refractivity contribution is 6.01. The van der Waals surface area contributed by atoms with Gasteiger partial charge in [0.2, 0.25) is 0 Å². The van der Waals surface area contributed by atoms with Crippen molar-refractivity contribution in [2.45, 2.75) is 97.3 Å². The number of carbonyl (C=O) groups is 5. The van der Waals surface area contributed by atoms with Gasteiger partial charge in [0.15, 0.2) is 0 Å². The second-order valence-electron chi connectivity index (χ2n) is 12.9. The van der Waals surface area contributed by atoms with Crippen LogP contribution >= 0.6 is 0 Å². The van der Waals surface area contributed by atoms with E-state index < -0.39 is 59.2 Å². The Kier molecular flexibility index (Phi) is 12.5. The van der Waals surface area contributed by atoms with Crippen LogP contribution in [0.2, 0.25) is 0 Å². The van der Waals surface area contributed by atoms with Crippen LogP contribution in [0, 0.1) is 0 Å². The van der Waals surface area contributed by atoms with Crippen LogP contribution in [0.3, 0.4) is 0 Å². The number of benzene rings is 2. The normalized spacial score (nSPS) is 16.6. The third-order valence-electron chi connectivity index (χ3n) is 6.78. The van der Waals surface area contributed by atoms with Crippen molar-refractivity contribution in [3.05, 3.63) is 83.6 Å². The number of imide groups is 1. The minimum absolute atomic E-state index is 0.0349. The minimum atomic E-state index is -1.17. The molecule has 1 heterocycles. The summed E-state index contributed by atoms with van der Waals surface area (Å²) in [7, 11) is 1.10. The van der Waals surface area contributed by atoms with Crippen LogP contribution in [0.1, 0.15) is 71.9 Å². The zero-order chi connectivity index (χ0) is 34.8. The van der Waals surface area contributed by atoms with Gasteiger partial charge in [-0.15, -0.1) is 0 Å². The molecule has 3 rings (SSSR count). The summed E-state index contributed by atoms with van der Waals surface area (Å²) >= 11 is 0. The van der Waals surface area contributed by atoms with Crippen LogP contribution in [0.5, 0.6) is 0 Å². The minimum Gasteiger partial charge on any atom is -0.464 e. The first kappa shape index (κ1) is 36.6. The molecule has 254 valence electrons. The molecule has 2 aromatic carbocycles. The molecule has 0 bridgehead atoms. The Morgan fingerprint density at radius 2 is 1.30 bits per heavy atom. The molecule has 0 radical (unpaired) electrons. The van der Waals surface area contributed by atoms with Crippen LogP contribution in [0.15, 0.2) is 72.4 Å². The summed E-state index contributed by atoms with van der Waals surface area (Å²) in [5, 5.41) is 0. The van der Waals surface area contributed by atoms with Crippen molar-refractivity contribution in [2.75, 3.05) is 7.11 Å². The molecule has 1 fully saturated rings. The van der Waals surface area contributed by atoms with Gasteiger partial charge in [0.25, 0.3) is 0 Å². The molecule has 47 heavy (non-hydrogen) atoms. The van der Waals surface area contributed by atoms with Gasteiger partial charge < -0.3 is 23.7 Å². The van der Waals surface area contributed by atoms with Gasteiger partial charge >= 0.3 is 30.2 Å². The van der Waals surface area contributed by atoms with Gasteiger partial charge in [-0.3, -0.25) is 4.90 Å². The van der Waals surface area contributed by atoms with Crippen LogP contribution < -0.4 is 0 Å². The predicted molar refractivity (Wildman–Crippen MR) is 171 cm³/mol. The maximum absolute atomic E-state index is 13.5. The number of nitrogens with zero attached hydrogens (tertiary/aromatic N) is 2. The van der Waals surface area contributed by atoms with Gasteiger partial charge in [0.05, 0.1) is 7.11 Å². The van der Waals surface area contributed by atoms with Crippen molar-refractivity contribution in [1.29, 1.82) is 0 Å². The van der Waals surface area contributed by atoms with Gasteiger partial charge in [0, 0.05) is 6.04 Å². The predicted octanol–water partition coefficient (Wildman–Crippen LogP) is 6.52. The summed E-state index contributed by atoms with van der Waals surface area (Å²) in [6.07, 6.45) is -1.27. The molecule has 0 unspecified atom stereocenters. The van der Waals surface area contributed by atoms with E-state index in [0.717, 1.165) is 12.7 Å². The molecule has 1 aliphatic heterocycles. The SMILES string of the molecule is COC(=O)/C(=C/C[C@H]1CC[C@@H](C(=O)OC(C)(C)C)N1C(=O)OCc1ccccc1)N(C(=O)OCc1ccccc1)C(=O)OC(C)(C)C. The highest BCUT2D eigenvalue weighted by atomic mass is 16.6. The topological polar surface area (TPSA) is 138 Å². The molecule has 0 saturated carbocycles. The quantitative estimate of drug-likeness (QED) is 0.167. The lowest BCUT2D eigenvalue weighted by Crippen LogP contribution is -2.47. The Morgan fingerprint density at radius 1 is 0.766 bits per heavy atom. The molecule has 2 aromatic rings. The monoisotopic (exact) mass is 652 g/mol. The van der Waals surface area contributed by atoms with Gasteiger partial charge in [0.1, 0.15) is 36.2 Å².